The zero-order valence-corrected chi connectivity index (χ0v) is 14.9. The van der Waals surface area contributed by atoms with Crippen molar-refractivity contribution in [1.29, 1.82) is 0 Å². The molecule has 1 saturated heterocycles. The lowest BCUT2D eigenvalue weighted by atomic mass is 9.85. The molecule has 2 aromatic rings. The lowest BCUT2D eigenvalue weighted by molar-refractivity contribution is -0.154. The Bertz CT molecular complexity index is 724. The summed E-state index contributed by atoms with van der Waals surface area (Å²) in [5, 5.41) is 4.95. The molecule has 3 rings (SSSR count). The molecule has 0 radical (unpaired) electrons. The van der Waals surface area contributed by atoms with E-state index in [2.05, 4.69) is 5.32 Å². The minimum atomic E-state index is -0.739. The zero-order chi connectivity index (χ0) is 17.2. The first-order chi connectivity index (χ1) is 11.5. The molecule has 1 aromatic heterocycles. The maximum absolute atomic E-state index is 12.6. The Balaban J connectivity index is 1.60. The van der Waals surface area contributed by atoms with Crippen molar-refractivity contribution in [2.75, 3.05) is 11.9 Å². The molecule has 126 valence electrons. The van der Waals surface area contributed by atoms with Gasteiger partial charge in [0, 0.05) is 23.5 Å². The van der Waals surface area contributed by atoms with Crippen LogP contribution in [-0.4, -0.2) is 28.8 Å². The molecule has 2 amide bonds. The highest BCUT2D eigenvalue weighted by atomic mass is 32.1. The van der Waals surface area contributed by atoms with Gasteiger partial charge in [-0.15, -0.1) is 11.3 Å². The van der Waals surface area contributed by atoms with Crippen molar-refractivity contribution in [2.24, 2.45) is 0 Å². The van der Waals surface area contributed by atoms with Crippen molar-refractivity contribution >= 4 is 28.8 Å². The number of hydrogen-bond donors (Lipinski definition) is 1. The van der Waals surface area contributed by atoms with Gasteiger partial charge < -0.3 is 10.2 Å². The summed E-state index contributed by atoms with van der Waals surface area (Å²) < 4.78 is 0. The Hall–Kier alpha value is -2.14. The molecular weight excluding hydrogens is 320 g/mol. The van der Waals surface area contributed by atoms with Gasteiger partial charge in [0.2, 0.25) is 11.8 Å². The largest absolute Gasteiger partial charge is 0.328 e. The molecule has 4 nitrogen and oxygen atoms in total. The van der Waals surface area contributed by atoms with E-state index in [1.165, 1.54) is 4.88 Å². The predicted molar refractivity (Wildman–Crippen MR) is 97.2 cm³/mol. The van der Waals surface area contributed by atoms with E-state index in [1.54, 1.807) is 16.2 Å². The minimum Gasteiger partial charge on any atom is -0.328 e. The number of likely N-dealkylation sites (tertiary alicyclic amines) is 1. The summed E-state index contributed by atoms with van der Waals surface area (Å²) in [5.74, 6) is -0.0571. The van der Waals surface area contributed by atoms with Gasteiger partial charge in [0.15, 0.2) is 0 Å². The molecule has 0 aliphatic carbocycles. The second-order valence-electron chi connectivity index (χ2n) is 6.47. The van der Waals surface area contributed by atoms with E-state index in [1.807, 2.05) is 55.6 Å². The molecule has 24 heavy (non-hydrogen) atoms. The van der Waals surface area contributed by atoms with Gasteiger partial charge in [-0.2, -0.15) is 0 Å². The van der Waals surface area contributed by atoms with Crippen LogP contribution < -0.4 is 5.32 Å². The standard InChI is InChI=1S/C19H22N2O2S/c1-14-5-7-15(8-6-14)20-18(23)19(2)11-12-21(19)17(22)10-9-16-4-3-13-24-16/h3-8,13H,9-12H2,1-2H3,(H,20,23). The quantitative estimate of drug-likeness (QED) is 0.902. The van der Waals surface area contributed by atoms with Crippen LogP contribution in [0.2, 0.25) is 0 Å². The number of benzene rings is 1. The Kier molecular flexibility index (Phi) is 4.71. The van der Waals surface area contributed by atoms with Crippen LogP contribution in [0.25, 0.3) is 0 Å². The Morgan fingerprint density at radius 2 is 2.00 bits per heavy atom. The van der Waals surface area contributed by atoms with Gasteiger partial charge in [-0.1, -0.05) is 23.8 Å². The highest BCUT2D eigenvalue weighted by Gasteiger charge is 2.49. The summed E-state index contributed by atoms with van der Waals surface area (Å²) in [6.07, 6.45) is 1.89. The normalized spacial score (nSPS) is 19.7. The van der Waals surface area contributed by atoms with Crippen LogP contribution in [0.3, 0.4) is 0 Å². The van der Waals surface area contributed by atoms with Crippen molar-refractivity contribution in [3.63, 3.8) is 0 Å². The number of amides is 2. The molecular formula is C19H22N2O2S. The maximum atomic E-state index is 12.6. The molecule has 2 heterocycles. The zero-order valence-electron chi connectivity index (χ0n) is 14.0. The van der Waals surface area contributed by atoms with Crippen molar-refractivity contribution in [3.05, 3.63) is 52.2 Å². The van der Waals surface area contributed by atoms with Crippen LogP contribution in [0, 0.1) is 6.92 Å². The van der Waals surface area contributed by atoms with Crippen LogP contribution in [0.5, 0.6) is 0 Å². The molecule has 1 atom stereocenters. The summed E-state index contributed by atoms with van der Waals surface area (Å²) in [6, 6.07) is 11.7. The average Bonchev–Trinajstić information content (AvgIpc) is 3.06. The van der Waals surface area contributed by atoms with Gasteiger partial charge in [-0.25, -0.2) is 0 Å². The summed E-state index contributed by atoms with van der Waals surface area (Å²) in [4.78, 5) is 28.1. The van der Waals surface area contributed by atoms with Crippen molar-refractivity contribution < 1.29 is 9.59 Å². The molecule has 1 aliphatic heterocycles. The van der Waals surface area contributed by atoms with Crippen LogP contribution in [0.4, 0.5) is 5.69 Å². The van der Waals surface area contributed by atoms with E-state index in [0.29, 0.717) is 19.4 Å². The fourth-order valence-corrected chi connectivity index (χ4v) is 3.63. The van der Waals surface area contributed by atoms with Crippen molar-refractivity contribution in [1.82, 2.24) is 4.90 Å². The fourth-order valence-electron chi connectivity index (χ4n) is 2.92. The third-order valence-corrected chi connectivity index (χ3v) is 5.62. The third-order valence-electron chi connectivity index (χ3n) is 4.68. The molecule has 1 unspecified atom stereocenters. The van der Waals surface area contributed by atoms with Crippen LogP contribution in [0.15, 0.2) is 41.8 Å². The Morgan fingerprint density at radius 3 is 2.58 bits per heavy atom. The number of nitrogens with one attached hydrogen (secondary N) is 1. The minimum absolute atomic E-state index is 0.0520. The molecule has 0 bridgehead atoms. The summed E-state index contributed by atoms with van der Waals surface area (Å²) in [5.41, 5.74) is 1.18. The van der Waals surface area contributed by atoms with Gasteiger partial charge in [-0.05, 0) is 50.3 Å². The van der Waals surface area contributed by atoms with E-state index >= 15 is 0 Å². The maximum Gasteiger partial charge on any atom is 0.250 e. The summed E-state index contributed by atoms with van der Waals surface area (Å²) in [7, 11) is 0. The number of carbonyl (C=O) groups excluding carboxylic acids is 2. The van der Waals surface area contributed by atoms with Crippen molar-refractivity contribution in [3.8, 4) is 0 Å². The first kappa shape index (κ1) is 16.7. The molecule has 1 fully saturated rings. The number of thiophene rings is 1. The Morgan fingerprint density at radius 1 is 1.25 bits per heavy atom. The molecule has 1 aliphatic rings. The molecule has 1 N–H and O–H groups in total. The molecule has 0 spiro atoms. The van der Waals surface area contributed by atoms with Gasteiger partial charge in [0.05, 0.1) is 0 Å². The van der Waals surface area contributed by atoms with E-state index in [-0.39, 0.29) is 11.8 Å². The summed E-state index contributed by atoms with van der Waals surface area (Å²) >= 11 is 1.66. The smallest absolute Gasteiger partial charge is 0.250 e. The van der Waals surface area contributed by atoms with Crippen LogP contribution in [-0.2, 0) is 16.0 Å². The van der Waals surface area contributed by atoms with E-state index in [4.69, 9.17) is 0 Å². The molecule has 1 aromatic carbocycles. The number of carbonyl (C=O) groups is 2. The van der Waals surface area contributed by atoms with Gasteiger partial charge in [-0.3, -0.25) is 9.59 Å². The van der Waals surface area contributed by atoms with Gasteiger partial charge in [0.25, 0.3) is 0 Å². The van der Waals surface area contributed by atoms with E-state index < -0.39 is 5.54 Å². The highest BCUT2D eigenvalue weighted by molar-refractivity contribution is 7.09. The SMILES string of the molecule is Cc1ccc(NC(=O)C2(C)CCN2C(=O)CCc2cccs2)cc1. The predicted octanol–water partition coefficient (Wildman–Crippen LogP) is 3.62. The van der Waals surface area contributed by atoms with Crippen LogP contribution >= 0.6 is 11.3 Å². The van der Waals surface area contributed by atoms with Gasteiger partial charge >= 0.3 is 0 Å². The first-order valence-electron chi connectivity index (χ1n) is 8.20. The number of aryl methyl sites for hydroxylation is 2. The molecule has 0 saturated carbocycles. The van der Waals surface area contributed by atoms with E-state index in [9.17, 15) is 9.59 Å². The van der Waals surface area contributed by atoms with Crippen molar-refractivity contribution in [2.45, 2.75) is 38.6 Å². The van der Waals surface area contributed by atoms with E-state index in [0.717, 1.165) is 17.7 Å². The van der Waals surface area contributed by atoms with Crippen LogP contribution in [0.1, 0.15) is 30.2 Å². The summed E-state index contributed by atoms with van der Waals surface area (Å²) in [6.45, 7) is 4.51. The third kappa shape index (κ3) is 3.36. The first-order valence-corrected chi connectivity index (χ1v) is 9.08. The Labute approximate surface area is 146 Å². The number of anilines is 1. The average molecular weight is 342 g/mol. The number of rotatable bonds is 5. The highest BCUT2D eigenvalue weighted by Crippen LogP contribution is 2.32. The monoisotopic (exact) mass is 342 g/mol. The second-order valence-corrected chi connectivity index (χ2v) is 7.50. The fraction of sp³-hybridized carbons (Fsp3) is 0.368. The second kappa shape index (κ2) is 6.77. The lowest BCUT2D eigenvalue weighted by Gasteiger charge is -2.49. The lowest BCUT2D eigenvalue weighted by Crippen LogP contribution is -2.66. The van der Waals surface area contributed by atoms with Gasteiger partial charge in [0.1, 0.15) is 5.54 Å². The topological polar surface area (TPSA) is 49.4 Å². The number of nitrogens with zero attached hydrogens (tertiary/aromatic N) is 1. The number of hydrogen-bond acceptors (Lipinski definition) is 3. The molecule has 5 heteroatoms.